The van der Waals surface area contributed by atoms with Crippen LogP contribution in [0.25, 0.3) is 0 Å². The molecular formula is C20H15FN2O3. The van der Waals surface area contributed by atoms with Crippen LogP contribution in [0.1, 0.15) is 20.7 Å². The van der Waals surface area contributed by atoms with Crippen molar-refractivity contribution in [3.63, 3.8) is 0 Å². The molecule has 0 amide bonds. The van der Waals surface area contributed by atoms with Gasteiger partial charge in [0.1, 0.15) is 17.2 Å². The summed E-state index contributed by atoms with van der Waals surface area (Å²) in [5.41, 5.74) is 0.744. The third-order valence-electron chi connectivity index (χ3n) is 3.58. The van der Waals surface area contributed by atoms with Gasteiger partial charge in [0.05, 0.1) is 5.69 Å². The molecule has 3 aromatic rings. The number of pyridine rings is 1. The molecule has 3 rings (SSSR count). The van der Waals surface area contributed by atoms with Crippen LogP contribution in [-0.2, 0) is 4.74 Å². The number of ether oxygens (including phenoxy) is 1. The Balaban J connectivity index is 1.72. The molecule has 26 heavy (non-hydrogen) atoms. The number of nitrogens with zero attached hydrogens (tertiary/aromatic N) is 1. The van der Waals surface area contributed by atoms with Crippen LogP contribution < -0.4 is 5.32 Å². The van der Waals surface area contributed by atoms with E-state index in [0.29, 0.717) is 5.56 Å². The highest BCUT2D eigenvalue weighted by Gasteiger charge is 2.17. The van der Waals surface area contributed by atoms with Gasteiger partial charge < -0.3 is 10.1 Å². The molecule has 0 unspecified atom stereocenters. The molecule has 0 radical (unpaired) electrons. The average Bonchev–Trinajstić information content (AvgIpc) is 2.68. The SMILES string of the molecule is O=C(COC(=O)c1cccnc1Nc1ccccc1F)c1ccccc1. The van der Waals surface area contributed by atoms with Gasteiger partial charge in [-0.1, -0.05) is 42.5 Å². The fraction of sp³-hybridized carbons (Fsp3) is 0.0500. The summed E-state index contributed by atoms with van der Waals surface area (Å²) < 4.78 is 18.9. The van der Waals surface area contributed by atoms with Crippen LogP contribution in [0.15, 0.2) is 72.9 Å². The van der Waals surface area contributed by atoms with Gasteiger partial charge in [-0.3, -0.25) is 4.79 Å². The lowest BCUT2D eigenvalue weighted by Crippen LogP contribution is -2.15. The van der Waals surface area contributed by atoms with E-state index >= 15 is 0 Å². The monoisotopic (exact) mass is 350 g/mol. The van der Waals surface area contributed by atoms with E-state index in [9.17, 15) is 14.0 Å². The molecule has 0 atom stereocenters. The highest BCUT2D eigenvalue weighted by molar-refractivity contribution is 6.00. The molecule has 0 fully saturated rings. The van der Waals surface area contributed by atoms with Gasteiger partial charge in [0.2, 0.25) is 0 Å². The molecule has 1 aromatic heterocycles. The zero-order valence-electron chi connectivity index (χ0n) is 13.7. The van der Waals surface area contributed by atoms with Gasteiger partial charge >= 0.3 is 5.97 Å². The molecule has 130 valence electrons. The van der Waals surface area contributed by atoms with Crippen molar-refractivity contribution in [3.8, 4) is 0 Å². The summed E-state index contributed by atoms with van der Waals surface area (Å²) in [6.07, 6.45) is 1.47. The van der Waals surface area contributed by atoms with Gasteiger partial charge in [0.25, 0.3) is 0 Å². The van der Waals surface area contributed by atoms with Crippen LogP contribution in [0.5, 0.6) is 0 Å². The van der Waals surface area contributed by atoms with Gasteiger partial charge in [-0.2, -0.15) is 0 Å². The number of Topliss-reactive ketones (excluding diaryl/α,β-unsaturated/α-hetero) is 1. The second kappa shape index (κ2) is 8.02. The molecule has 1 N–H and O–H groups in total. The molecule has 0 aliphatic heterocycles. The Morgan fingerprint density at radius 3 is 2.46 bits per heavy atom. The fourth-order valence-electron chi connectivity index (χ4n) is 2.28. The van der Waals surface area contributed by atoms with Gasteiger partial charge in [-0.25, -0.2) is 14.2 Å². The molecular weight excluding hydrogens is 335 g/mol. The Morgan fingerprint density at radius 2 is 1.69 bits per heavy atom. The van der Waals surface area contributed by atoms with E-state index in [2.05, 4.69) is 10.3 Å². The van der Waals surface area contributed by atoms with Crippen molar-refractivity contribution in [1.82, 2.24) is 4.98 Å². The van der Waals surface area contributed by atoms with E-state index in [0.717, 1.165) is 0 Å². The maximum absolute atomic E-state index is 13.8. The van der Waals surface area contributed by atoms with Gasteiger partial charge in [0, 0.05) is 11.8 Å². The minimum Gasteiger partial charge on any atom is -0.454 e. The normalized spacial score (nSPS) is 10.2. The molecule has 0 bridgehead atoms. The zero-order chi connectivity index (χ0) is 18.4. The number of halogens is 1. The summed E-state index contributed by atoms with van der Waals surface area (Å²) in [6.45, 7) is -0.392. The van der Waals surface area contributed by atoms with Crippen LogP contribution in [0, 0.1) is 5.82 Å². The largest absolute Gasteiger partial charge is 0.454 e. The van der Waals surface area contributed by atoms with Crippen LogP contribution in [-0.4, -0.2) is 23.3 Å². The molecule has 0 aliphatic rings. The number of hydrogen-bond donors (Lipinski definition) is 1. The smallest absolute Gasteiger partial charge is 0.342 e. The predicted octanol–water partition coefficient (Wildman–Crippen LogP) is 4.00. The Labute approximate surface area is 149 Å². The van der Waals surface area contributed by atoms with E-state index in [1.807, 2.05) is 0 Å². The van der Waals surface area contributed by atoms with Crippen LogP contribution in [0.3, 0.4) is 0 Å². The fourth-order valence-corrected chi connectivity index (χ4v) is 2.28. The van der Waals surface area contributed by atoms with Gasteiger partial charge in [0.15, 0.2) is 12.4 Å². The molecule has 0 saturated heterocycles. The second-order valence-electron chi connectivity index (χ2n) is 5.37. The summed E-state index contributed by atoms with van der Waals surface area (Å²) >= 11 is 0. The molecule has 6 heteroatoms. The number of rotatable bonds is 6. The predicted molar refractivity (Wildman–Crippen MR) is 95.0 cm³/mol. The lowest BCUT2D eigenvalue weighted by Gasteiger charge is -2.11. The quantitative estimate of drug-likeness (QED) is 0.537. The Hall–Kier alpha value is -3.54. The number of anilines is 2. The van der Waals surface area contributed by atoms with Crippen molar-refractivity contribution in [1.29, 1.82) is 0 Å². The number of ketones is 1. The first-order chi connectivity index (χ1) is 12.6. The lowest BCUT2D eigenvalue weighted by molar-refractivity contribution is 0.0475. The maximum Gasteiger partial charge on any atom is 0.342 e. The number of hydrogen-bond acceptors (Lipinski definition) is 5. The average molecular weight is 350 g/mol. The number of benzene rings is 2. The summed E-state index contributed by atoms with van der Waals surface area (Å²) in [5.74, 6) is -1.36. The van der Waals surface area contributed by atoms with Crippen LogP contribution >= 0.6 is 0 Å². The first-order valence-corrected chi connectivity index (χ1v) is 7.87. The molecule has 0 aliphatic carbocycles. The zero-order valence-corrected chi connectivity index (χ0v) is 13.7. The van der Waals surface area contributed by atoms with Gasteiger partial charge in [-0.05, 0) is 24.3 Å². The first-order valence-electron chi connectivity index (χ1n) is 7.87. The van der Waals surface area contributed by atoms with Crippen molar-refractivity contribution in [2.75, 3.05) is 11.9 Å². The number of aromatic nitrogens is 1. The third-order valence-corrected chi connectivity index (χ3v) is 3.58. The van der Waals surface area contributed by atoms with Crippen LogP contribution in [0.4, 0.5) is 15.9 Å². The van der Waals surface area contributed by atoms with Crippen molar-refractivity contribution < 1.29 is 18.7 Å². The summed E-state index contributed by atoms with van der Waals surface area (Å²) in [6, 6.07) is 17.6. The standard InChI is InChI=1S/C20H15FN2O3/c21-16-10-4-5-11-17(16)23-19-15(9-6-12-22-19)20(25)26-13-18(24)14-7-2-1-3-8-14/h1-12H,13H2,(H,22,23). The third kappa shape index (κ3) is 4.10. The number of esters is 1. The topological polar surface area (TPSA) is 68.3 Å². The van der Waals surface area contributed by atoms with Gasteiger partial charge in [-0.15, -0.1) is 0 Å². The van der Waals surface area contributed by atoms with E-state index < -0.39 is 18.4 Å². The Morgan fingerprint density at radius 1 is 0.962 bits per heavy atom. The molecule has 1 heterocycles. The highest BCUT2D eigenvalue weighted by Crippen LogP contribution is 2.21. The van der Waals surface area contributed by atoms with Crippen molar-refractivity contribution in [3.05, 3.63) is 89.9 Å². The lowest BCUT2D eigenvalue weighted by atomic mass is 10.1. The van der Waals surface area contributed by atoms with E-state index in [4.69, 9.17) is 4.74 Å². The first kappa shape index (κ1) is 17.3. The van der Waals surface area contributed by atoms with E-state index in [-0.39, 0.29) is 22.9 Å². The number of nitrogens with one attached hydrogen (secondary N) is 1. The Bertz CT molecular complexity index is 929. The minimum absolute atomic E-state index is 0.108. The second-order valence-corrected chi connectivity index (χ2v) is 5.37. The number of carbonyl (C=O) groups is 2. The van der Waals surface area contributed by atoms with Crippen LogP contribution in [0.2, 0.25) is 0 Å². The van der Waals surface area contributed by atoms with Crippen molar-refractivity contribution >= 4 is 23.3 Å². The minimum atomic E-state index is -0.721. The summed E-state index contributed by atoms with van der Waals surface area (Å²) in [5, 5.41) is 2.77. The summed E-state index contributed by atoms with van der Waals surface area (Å²) in [4.78, 5) is 28.4. The van der Waals surface area contributed by atoms with Crippen molar-refractivity contribution in [2.45, 2.75) is 0 Å². The molecule has 5 nitrogen and oxygen atoms in total. The highest BCUT2D eigenvalue weighted by atomic mass is 19.1. The number of para-hydroxylation sites is 1. The van der Waals surface area contributed by atoms with E-state index in [1.165, 1.54) is 24.4 Å². The van der Waals surface area contributed by atoms with E-state index in [1.54, 1.807) is 48.5 Å². The summed E-state index contributed by atoms with van der Waals surface area (Å²) in [7, 11) is 0. The van der Waals surface area contributed by atoms with Crippen molar-refractivity contribution in [2.24, 2.45) is 0 Å². The maximum atomic E-state index is 13.8. The Kier molecular flexibility index (Phi) is 5.34. The molecule has 0 spiro atoms. The number of carbonyl (C=O) groups excluding carboxylic acids is 2. The molecule has 2 aromatic carbocycles. The molecule has 0 saturated carbocycles.